The van der Waals surface area contributed by atoms with E-state index in [0.29, 0.717) is 5.89 Å². The van der Waals surface area contributed by atoms with Crippen molar-refractivity contribution in [3.8, 4) is 0 Å². The van der Waals surface area contributed by atoms with Gasteiger partial charge in [-0.2, -0.15) is 4.98 Å². The summed E-state index contributed by atoms with van der Waals surface area (Å²) in [6.45, 7) is 3.84. The summed E-state index contributed by atoms with van der Waals surface area (Å²) in [4.78, 5) is 6.77. The summed E-state index contributed by atoms with van der Waals surface area (Å²) >= 11 is 0. The number of hydrogen-bond donors (Lipinski definition) is 0. The first-order valence-electron chi connectivity index (χ1n) is 7.55. The molecule has 0 saturated carbocycles. The molecule has 5 heteroatoms. The van der Waals surface area contributed by atoms with Gasteiger partial charge in [0.1, 0.15) is 6.10 Å². The maximum atomic E-state index is 5.89. The molecule has 1 fully saturated rings. The average Bonchev–Trinajstić information content (AvgIpc) is 2.87. The largest absolute Gasteiger partial charge is 0.363 e. The number of ether oxygens (including phenoxy) is 1. The van der Waals surface area contributed by atoms with Gasteiger partial charge in [0, 0.05) is 19.5 Å². The van der Waals surface area contributed by atoms with Crippen LogP contribution in [0.1, 0.15) is 50.4 Å². The number of likely N-dealkylation sites (N-methyl/N-ethyl adjacent to an activating group) is 1. The molecule has 5 nitrogen and oxygen atoms in total. The Morgan fingerprint density at radius 1 is 1.35 bits per heavy atom. The van der Waals surface area contributed by atoms with E-state index in [4.69, 9.17) is 9.26 Å². The molecule has 1 aromatic rings. The maximum Gasteiger partial charge on any atom is 0.257 e. The third-order valence-electron chi connectivity index (χ3n) is 3.97. The summed E-state index contributed by atoms with van der Waals surface area (Å²) in [7, 11) is 2.09. The second-order valence-electron chi connectivity index (χ2n) is 5.99. The fraction of sp³-hybridized carbons (Fsp3) is 0.733. The molecule has 0 unspecified atom stereocenters. The zero-order valence-corrected chi connectivity index (χ0v) is 12.3. The highest BCUT2D eigenvalue weighted by atomic mass is 16.5. The molecule has 1 aliphatic carbocycles. The molecular weight excluding hydrogens is 254 g/mol. The first-order valence-corrected chi connectivity index (χ1v) is 7.55. The van der Waals surface area contributed by atoms with Crippen molar-refractivity contribution < 1.29 is 9.26 Å². The molecule has 1 saturated heterocycles. The molecule has 1 aliphatic heterocycles. The molecule has 3 rings (SSSR count). The molecule has 20 heavy (non-hydrogen) atoms. The second-order valence-corrected chi connectivity index (χ2v) is 5.99. The van der Waals surface area contributed by atoms with Gasteiger partial charge in [-0.05, 0) is 39.7 Å². The highest BCUT2D eigenvalue weighted by Gasteiger charge is 2.28. The maximum absolute atomic E-state index is 5.89. The van der Waals surface area contributed by atoms with Gasteiger partial charge in [-0.15, -0.1) is 0 Å². The molecule has 0 bridgehead atoms. The van der Waals surface area contributed by atoms with Gasteiger partial charge < -0.3 is 14.2 Å². The van der Waals surface area contributed by atoms with Crippen LogP contribution in [0, 0.1) is 0 Å². The Kier molecular flexibility index (Phi) is 4.17. The number of nitrogens with zero attached hydrogens (tertiary/aromatic N) is 3. The predicted molar refractivity (Wildman–Crippen MR) is 75.3 cm³/mol. The smallest absolute Gasteiger partial charge is 0.257 e. The second kappa shape index (κ2) is 6.06. The van der Waals surface area contributed by atoms with Crippen LogP contribution in [-0.2, 0) is 11.2 Å². The summed E-state index contributed by atoms with van der Waals surface area (Å²) in [5, 5.41) is 4.11. The van der Waals surface area contributed by atoms with Crippen molar-refractivity contribution in [2.45, 2.75) is 51.2 Å². The molecule has 0 radical (unpaired) electrons. The van der Waals surface area contributed by atoms with Gasteiger partial charge in [-0.1, -0.05) is 16.8 Å². The summed E-state index contributed by atoms with van der Waals surface area (Å²) in [6.07, 6.45) is 8.21. The van der Waals surface area contributed by atoms with Gasteiger partial charge in [-0.25, -0.2) is 0 Å². The normalized spacial score (nSPS) is 28.4. The fourth-order valence-corrected chi connectivity index (χ4v) is 3.04. The quantitative estimate of drug-likeness (QED) is 0.795. The van der Waals surface area contributed by atoms with Gasteiger partial charge in [0.05, 0.1) is 6.10 Å². The molecule has 0 aromatic carbocycles. The first kappa shape index (κ1) is 13.8. The van der Waals surface area contributed by atoms with Crippen molar-refractivity contribution in [3.63, 3.8) is 0 Å². The first-order chi connectivity index (χ1) is 9.70. The van der Waals surface area contributed by atoms with E-state index in [9.17, 15) is 0 Å². The van der Waals surface area contributed by atoms with Crippen LogP contribution in [0.25, 0.3) is 0 Å². The van der Waals surface area contributed by atoms with Gasteiger partial charge in [0.25, 0.3) is 5.89 Å². The van der Waals surface area contributed by atoms with Gasteiger partial charge in [-0.3, -0.25) is 0 Å². The summed E-state index contributed by atoms with van der Waals surface area (Å²) < 4.78 is 11.3. The van der Waals surface area contributed by atoms with Crippen molar-refractivity contribution in [1.29, 1.82) is 0 Å². The minimum atomic E-state index is -0.0923. The lowest BCUT2D eigenvalue weighted by molar-refractivity contribution is -0.0838. The Morgan fingerprint density at radius 3 is 3.00 bits per heavy atom. The van der Waals surface area contributed by atoms with E-state index in [1.54, 1.807) is 0 Å². The van der Waals surface area contributed by atoms with Crippen molar-refractivity contribution >= 4 is 0 Å². The van der Waals surface area contributed by atoms with E-state index < -0.39 is 0 Å². The van der Waals surface area contributed by atoms with E-state index in [2.05, 4.69) is 35.1 Å². The predicted octanol–water partition coefficient (Wildman–Crippen LogP) is 2.50. The highest BCUT2D eigenvalue weighted by Crippen LogP contribution is 2.24. The Balaban J connectivity index is 1.65. The standard InChI is InChI=1S/C15H23N3O2/c1-11-9-18(2)10-13(19-11)15-16-14(17-20-15)8-12-6-4-3-5-7-12/h6,11,13H,3-5,7-10H2,1-2H3/t11-,13-/m1/s1. The van der Waals surface area contributed by atoms with Crippen LogP contribution < -0.4 is 0 Å². The number of rotatable bonds is 3. The minimum Gasteiger partial charge on any atom is -0.363 e. The summed E-state index contributed by atoms with van der Waals surface area (Å²) in [6, 6.07) is 0. The van der Waals surface area contributed by atoms with Crippen LogP contribution in [-0.4, -0.2) is 41.3 Å². The van der Waals surface area contributed by atoms with Crippen molar-refractivity contribution in [3.05, 3.63) is 23.4 Å². The van der Waals surface area contributed by atoms with Gasteiger partial charge in [0.15, 0.2) is 5.82 Å². The number of hydrogen-bond acceptors (Lipinski definition) is 5. The molecule has 0 N–H and O–H groups in total. The monoisotopic (exact) mass is 277 g/mol. The molecule has 2 atom stereocenters. The average molecular weight is 277 g/mol. The molecule has 0 spiro atoms. The lowest BCUT2D eigenvalue weighted by Gasteiger charge is -2.32. The van der Waals surface area contributed by atoms with Crippen molar-refractivity contribution in [1.82, 2.24) is 15.0 Å². The van der Waals surface area contributed by atoms with Crippen molar-refractivity contribution in [2.24, 2.45) is 0 Å². The van der Waals surface area contributed by atoms with Crippen molar-refractivity contribution in [2.75, 3.05) is 20.1 Å². The number of allylic oxidation sites excluding steroid dienone is 2. The Morgan fingerprint density at radius 2 is 2.25 bits per heavy atom. The molecule has 2 aliphatic rings. The van der Waals surface area contributed by atoms with E-state index in [-0.39, 0.29) is 12.2 Å². The summed E-state index contributed by atoms with van der Waals surface area (Å²) in [5.74, 6) is 1.41. The van der Waals surface area contributed by atoms with E-state index in [1.807, 2.05) is 0 Å². The van der Waals surface area contributed by atoms with Crippen LogP contribution in [0.3, 0.4) is 0 Å². The van der Waals surface area contributed by atoms with E-state index in [1.165, 1.54) is 31.3 Å². The third-order valence-corrected chi connectivity index (χ3v) is 3.97. The topological polar surface area (TPSA) is 51.4 Å². The molecular formula is C15H23N3O2. The molecule has 0 amide bonds. The Bertz CT molecular complexity index is 473. The zero-order chi connectivity index (χ0) is 13.9. The van der Waals surface area contributed by atoms with E-state index >= 15 is 0 Å². The lowest BCUT2D eigenvalue weighted by Crippen LogP contribution is -2.40. The Labute approximate surface area is 120 Å². The number of aromatic nitrogens is 2. The van der Waals surface area contributed by atoms with Crippen LogP contribution in [0.15, 0.2) is 16.2 Å². The lowest BCUT2D eigenvalue weighted by atomic mass is 9.97. The number of morpholine rings is 1. The molecule has 110 valence electrons. The van der Waals surface area contributed by atoms with Gasteiger partial charge in [0.2, 0.25) is 0 Å². The fourth-order valence-electron chi connectivity index (χ4n) is 3.04. The molecule has 2 heterocycles. The SMILES string of the molecule is C[C@@H]1CN(C)C[C@H](c2nc(CC3=CCCCC3)no2)O1. The molecule has 1 aromatic heterocycles. The highest BCUT2D eigenvalue weighted by molar-refractivity contribution is 5.11. The van der Waals surface area contributed by atoms with Crippen LogP contribution >= 0.6 is 0 Å². The third kappa shape index (κ3) is 3.27. The van der Waals surface area contributed by atoms with Gasteiger partial charge >= 0.3 is 0 Å². The zero-order valence-electron chi connectivity index (χ0n) is 12.3. The van der Waals surface area contributed by atoms with Crippen LogP contribution in [0.4, 0.5) is 0 Å². The van der Waals surface area contributed by atoms with E-state index in [0.717, 1.165) is 25.3 Å². The van der Waals surface area contributed by atoms with Crippen LogP contribution in [0.2, 0.25) is 0 Å². The minimum absolute atomic E-state index is 0.0923. The Hall–Kier alpha value is -1.20. The van der Waals surface area contributed by atoms with Crippen LogP contribution in [0.5, 0.6) is 0 Å². The summed E-state index contributed by atoms with van der Waals surface area (Å²) in [5.41, 5.74) is 1.44.